The Balaban J connectivity index is 1.92. The third kappa shape index (κ3) is 1.87. The van der Waals surface area contributed by atoms with E-state index in [-0.39, 0.29) is 17.7 Å². The van der Waals surface area contributed by atoms with Gasteiger partial charge in [-0.25, -0.2) is 9.97 Å². The average Bonchev–Trinajstić information content (AvgIpc) is 3.10. The average molecular weight is 260 g/mol. The van der Waals surface area contributed by atoms with Gasteiger partial charge in [-0.1, -0.05) is 5.16 Å². The molecule has 2 heterocycles. The van der Waals surface area contributed by atoms with Gasteiger partial charge in [0.15, 0.2) is 0 Å². The quantitative estimate of drug-likeness (QED) is 0.761. The third-order valence-electron chi connectivity index (χ3n) is 3.14. The van der Waals surface area contributed by atoms with E-state index in [1.807, 2.05) is 6.92 Å². The highest BCUT2D eigenvalue weighted by Gasteiger charge is 2.57. The number of hydrogen-bond acceptors (Lipinski definition) is 7. The molecule has 0 bridgehead atoms. The standard InChI is InChI=1S/C12H12N4O3/c1-7-5-13-8(14-6-7)9-15-10(19-16-9)12(3-4-12)11(17)18-2/h5-6H,3-4H2,1-2H3. The molecule has 2 aromatic heterocycles. The number of carbonyl (C=O) groups excluding carboxylic acids is 1. The number of aryl methyl sites for hydroxylation is 1. The first kappa shape index (κ1) is 11.8. The number of methoxy groups -OCH3 is 1. The molecule has 1 aliphatic carbocycles. The second kappa shape index (κ2) is 4.11. The monoisotopic (exact) mass is 260 g/mol. The summed E-state index contributed by atoms with van der Waals surface area (Å²) in [5.41, 5.74) is 0.186. The molecule has 0 atom stereocenters. The van der Waals surface area contributed by atoms with Crippen molar-refractivity contribution in [1.29, 1.82) is 0 Å². The maximum absolute atomic E-state index is 11.7. The van der Waals surface area contributed by atoms with E-state index in [2.05, 4.69) is 20.1 Å². The Morgan fingerprint density at radius 2 is 2.00 bits per heavy atom. The van der Waals surface area contributed by atoms with Gasteiger partial charge in [-0.15, -0.1) is 0 Å². The SMILES string of the molecule is COC(=O)C1(c2nc(-c3ncc(C)cn3)no2)CC1. The molecule has 0 unspecified atom stereocenters. The van der Waals surface area contributed by atoms with Gasteiger partial charge in [-0.3, -0.25) is 4.79 Å². The van der Waals surface area contributed by atoms with Crippen LogP contribution < -0.4 is 0 Å². The lowest BCUT2D eigenvalue weighted by molar-refractivity contribution is -0.144. The van der Waals surface area contributed by atoms with Gasteiger partial charge in [-0.05, 0) is 25.3 Å². The maximum atomic E-state index is 11.7. The summed E-state index contributed by atoms with van der Waals surface area (Å²) in [6, 6.07) is 0. The van der Waals surface area contributed by atoms with Crippen molar-refractivity contribution >= 4 is 5.97 Å². The van der Waals surface area contributed by atoms with Gasteiger partial charge in [0.05, 0.1) is 7.11 Å². The minimum absolute atomic E-state index is 0.276. The van der Waals surface area contributed by atoms with E-state index >= 15 is 0 Å². The molecule has 0 amide bonds. The highest BCUT2D eigenvalue weighted by atomic mass is 16.5. The fourth-order valence-electron chi connectivity index (χ4n) is 1.84. The number of ether oxygens (including phenoxy) is 1. The van der Waals surface area contributed by atoms with Crippen molar-refractivity contribution in [2.24, 2.45) is 0 Å². The topological polar surface area (TPSA) is 91.0 Å². The fraction of sp³-hybridized carbons (Fsp3) is 0.417. The number of rotatable bonds is 3. The van der Waals surface area contributed by atoms with Crippen LogP contribution in [0, 0.1) is 6.92 Å². The van der Waals surface area contributed by atoms with Crippen molar-refractivity contribution in [2.75, 3.05) is 7.11 Å². The highest BCUT2D eigenvalue weighted by molar-refractivity contribution is 5.85. The predicted molar refractivity (Wildman–Crippen MR) is 63.0 cm³/mol. The number of carbonyl (C=O) groups is 1. The summed E-state index contributed by atoms with van der Waals surface area (Å²) in [6.45, 7) is 1.89. The van der Waals surface area contributed by atoms with E-state index < -0.39 is 5.41 Å². The van der Waals surface area contributed by atoms with E-state index in [1.54, 1.807) is 12.4 Å². The minimum atomic E-state index is -0.759. The number of nitrogens with zero attached hydrogens (tertiary/aromatic N) is 4. The zero-order valence-electron chi connectivity index (χ0n) is 10.6. The molecule has 19 heavy (non-hydrogen) atoms. The van der Waals surface area contributed by atoms with Crippen LogP contribution in [-0.4, -0.2) is 33.2 Å². The molecule has 1 saturated carbocycles. The highest BCUT2D eigenvalue weighted by Crippen LogP contribution is 2.48. The van der Waals surface area contributed by atoms with Crippen molar-refractivity contribution in [3.63, 3.8) is 0 Å². The van der Waals surface area contributed by atoms with E-state index in [9.17, 15) is 4.79 Å². The zero-order chi connectivity index (χ0) is 13.5. The molecule has 3 rings (SSSR count). The lowest BCUT2D eigenvalue weighted by Crippen LogP contribution is -2.22. The summed E-state index contributed by atoms with van der Waals surface area (Å²) < 4.78 is 9.92. The van der Waals surface area contributed by atoms with Crippen LogP contribution in [0.15, 0.2) is 16.9 Å². The van der Waals surface area contributed by atoms with Crippen molar-refractivity contribution < 1.29 is 14.1 Å². The third-order valence-corrected chi connectivity index (χ3v) is 3.14. The molecular formula is C12H12N4O3. The molecule has 2 aromatic rings. The van der Waals surface area contributed by atoms with E-state index in [1.165, 1.54) is 7.11 Å². The second-order valence-corrected chi connectivity index (χ2v) is 4.58. The summed E-state index contributed by atoms with van der Waals surface area (Å²) >= 11 is 0. The Kier molecular flexibility index (Phi) is 2.55. The smallest absolute Gasteiger partial charge is 0.321 e. The molecule has 1 aliphatic rings. The van der Waals surface area contributed by atoms with Crippen LogP contribution in [0.4, 0.5) is 0 Å². The Morgan fingerprint density at radius 3 is 2.58 bits per heavy atom. The summed E-state index contributed by atoms with van der Waals surface area (Å²) in [6.07, 6.45) is 4.67. The molecule has 0 spiro atoms. The van der Waals surface area contributed by atoms with Crippen molar-refractivity contribution in [1.82, 2.24) is 20.1 Å². The summed E-state index contributed by atoms with van der Waals surface area (Å²) in [5, 5.41) is 3.82. The van der Waals surface area contributed by atoms with Crippen LogP contribution in [0.25, 0.3) is 11.6 Å². The molecule has 98 valence electrons. The van der Waals surface area contributed by atoms with Gasteiger partial charge in [0.25, 0.3) is 0 Å². The maximum Gasteiger partial charge on any atom is 0.321 e. The Morgan fingerprint density at radius 1 is 1.32 bits per heavy atom. The minimum Gasteiger partial charge on any atom is -0.468 e. The summed E-state index contributed by atoms with van der Waals surface area (Å²) in [7, 11) is 1.35. The molecule has 0 N–H and O–H groups in total. The Hall–Kier alpha value is -2.31. The molecule has 7 heteroatoms. The number of aromatic nitrogens is 4. The van der Waals surface area contributed by atoms with Crippen LogP contribution in [0.5, 0.6) is 0 Å². The molecule has 0 radical (unpaired) electrons. The summed E-state index contributed by atoms with van der Waals surface area (Å²) in [5.74, 6) is 0.595. The van der Waals surface area contributed by atoms with Gasteiger partial charge in [-0.2, -0.15) is 4.98 Å². The molecule has 0 aromatic carbocycles. The van der Waals surface area contributed by atoms with Crippen LogP contribution in [0.1, 0.15) is 24.3 Å². The van der Waals surface area contributed by atoms with Gasteiger partial charge in [0.1, 0.15) is 5.41 Å². The van der Waals surface area contributed by atoms with Crippen molar-refractivity contribution in [2.45, 2.75) is 25.2 Å². The van der Waals surface area contributed by atoms with Crippen LogP contribution in [0.3, 0.4) is 0 Å². The van der Waals surface area contributed by atoms with E-state index in [0.29, 0.717) is 18.7 Å². The first-order valence-corrected chi connectivity index (χ1v) is 5.87. The lowest BCUT2D eigenvalue weighted by atomic mass is 10.1. The first-order chi connectivity index (χ1) is 9.15. The molecular weight excluding hydrogens is 248 g/mol. The Bertz CT molecular complexity index is 616. The molecule has 0 saturated heterocycles. The predicted octanol–water partition coefficient (Wildman–Crippen LogP) is 1.04. The zero-order valence-corrected chi connectivity index (χ0v) is 10.6. The molecule has 7 nitrogen and oxygen atoms in total. The van der Waals surface area contributed by atoms with E-state index in [4.69, 9.17) is 9.26 Å². The lowest BCUT2D eigenvalue weighted by Gasteiger charge is -2.05. The first-order valence-electron chi connectivity index (χ1n) is 5.87. The number of hydrogen-bond donors (Lipinski definition) is 0. The molecule has 1 fully saturated rings. The van der Waals surface area contributed by atoms with Crippen molar-refractivity contribution in [3.8, 4) is 11.6 Å². The second-order valence-electron chi connectivity index (χ2n) is 4.58. The largest absolute Gasteiger partial charge is 0.468 e. The summed E-state index contributed by atoms with van der Waals surface area (Å²) in [4.78, 5) is 24.1. The van der Waals surface area contributed by atoms with Crippen LogP contribution in [-0.2, 0) is 14.9 Å². The van der Waals surface area contributed by atoms with E-state index in [0.717, 1.165) is 5.56 Å². The van der Waals surface area contributed by atoms with Crippen molar-refractivity contribution in [3.05, 3.63) is 23.8 Å². The van der Waals surface area contributed by atoms with Gasteiger partial charge in [0.2, 0.25) is 17.5 Å². The molecule has 0 aliphatic heterocycles. The van der Waals surface area contributed by atoms with Crippen LogP contribution >= 0.6 is 0 Å². The normalized spacial score (nSPS) is 16.1. The fourth-order valence-corrected chi connectivity index (χ4v) is 1.84. The van der Waals surface area contributed by atoms with Gasteiger partial charge >= 0.3 is 5.97 Å². The van der Waals surface area contributed by atoms with Gasteiger partial charge in [0, 0.05) is 12.4 Å². The van der Waals surface area contributed by atoms with Gasteiger partial charge < -0.3 is 9.26 Å². The number of esters is 1. The van der Waals surface area contributed by atoms with Crippen LogP contribution in [0.2, 0.25) is 0 Å². The Labute approximate surface area is 109 Å².